The van der Waals surface area contributed by atoms with Crippen molar-refractivity contribution in [3.63, 3.8) is 0 Å². The van der Waals surface area contributed by atoms with E-state index < -0.39 is 0 Å². The molecule has 1 unspecified atom stereocenters. The maximum absolute atomic E-state index is 13.5. The van der Waals surface area contributed by atoms with E-state index in [1.165, 1.54) is 12.1 Å². The van der Waals surface area contributed by atoms with Crippen LogP contribution in [0.4, 0.5) is 4.39 Å². The largest absolute Gasteiger partial charge is 0.495 e. The lowest BCUT2D eigenvalue weighted by Gasteiger charge is -2.41. The Balaban J connectivity index is 1.49. The maximum Gasteiger partial charge on any atom is 0.214 e. The van der Waals surface area contributed by atoms with Gasteiger partial charge in [0.15, 0.2) is 12.0 Å². The minimum atomic E-state index is -0.272. The molecule has 1 fully saturated rings. The Hall–Kier alpha value is -3.81. The molecule has 8 heteroatoms. The van der Waals surface area contributed by atoms with Gasteiger partial charge >= 0.3 is 0 Å². The number of imidazole rings is 1. The minimum absolute atomic E-state index is 0.152. The number of hydrogen-bond acceptors (Lipinski definition) is 6. The first-order chi connectivity index (χ1) is 15.9. The van der Waals surface area contributed by atoms with Crippen LogP contribution in [-0.2, 0) is 9.57 Å². The number of oxime groups is 1. The monoisotopic (exact) mass is 448 g/mol. The first-order valence-corrected chi connectivity index (χ1v) is 10.8. The zero-order chi connectivity index (χ0) is 23.1. The highest BCUT2D eigenvalue weighted by atomic mass is 19.1. The van der Waals surface area contributed by atoms with Gasteiger partial charge in [0.2, 0.25) is 5.84 Å². The quantitative estimate of drug-likeness (QED) is 0.573. The lowest BCUT2D eigenvalue weighted by atomic mass is 9.97. The van der Waals surface area contributed by atoms with Gasteiger partial charge in [-0.25, -0.2) is 9.37 Å². The van der Waals surface area contributed by atoms with Crippen LogP contribution in [0.15, 0.2) is 65.9 Å². The van der Waals surface area contributed by atoms with Gasteiger partial charge in [0.05, 0.1) is 30.9 Å². The van der Waals surface area contributed by atoms with Crippen LogP contribution in [0, 0.1) is 12.7 Å². The Kier molecular flexibility index (Phi) is 5.28. The number of nitrogens with zero attached hydrogens (tertiary/aromatic N) is 4. The van der Waals surface area contributed by atoms with Gasteiger partial charge in [-0.3, -0.25) is 0 Å². The van der Waals surface area contributed by atoms with Crippen molar-refractivity contribution in [2.24, 2.45) is 5.16 Å². The molecule has 0 N–H and O–H groups in total. The molecule has 170 valence electrons. The summed E-state index contributed by atoms with van der Waals surface area (Å²) in [6.45, 7) is 5.88. The number of fused-ring (bicyclic) bond motifs is 1. The van der Waals surface area contributed by atoms with Gasteiger partial charge in [-0.1, -0.05) is 23.4 Å². The molecule has 1 aromatic heterocycles. The Morgan fingerprint density at radius 2 is 1.91 bits per heavy atom. The summed E-state index contributed by atoms with van der Waals surface area (Å²) >= 11 is 0. The third-order valence-corrected chi connectivity index (χ3v) is 5.91. The Morgan fingerprint density at radius 1 is 1.12 bits per heavy atom. The molecule has 3 aromatic rings. The van der Waals surface area contributed by atoms with Crippen molar-refractivity contribution in [1.82, 2.24) is 14.5 Å². The van der Waals surface area contributed by atoms with Gasteiger partial charge in [-0.15, -0.1) is 0 Å². The van der Waals surface area contributed by atoms with E-state index in [0.717, 1.165) is 22.5 Å². The van der Waals surface area contributed by atoms with Gasteiger partial charge in [0.1, 0.15) is 17.7 Å². The molecule has 2 aliphatic rings. The van der Waals surface area contributed by atoms with Crippen LogP contribution in [0.1, 0.15) is 36.7 Å². The molecule has 3 atom stereocenters. The summed E-state index contributed by atoms with van der Waals surface area (Å²) in [5, 5.41) is 4.29. The summed E-state index contributed by atoms with van der Waals surface area (Å²) in [6, 6.07) is 12.2. The predicted molar refractivity (Wildman–Crippen MR) is 122 cm³/mol. The Morgan fingerprint density at radius 3 is 2.61 bits per heavy atom. The normalized spacial score (nSPS) is 23.1. The molecule has 2 aromatic carbocycles. The number of halogens is 1. The van der Waals surface area contributed by atoms with Crippen LogP contribution < -0.4 is 4.74 Å². The molecule has 0 amide bonds. The van der Waals surface area contributed by atoms with E-state index >= 15 is 0 Å². The fourth-order valence-electron chi connectivity index (χ4n) is 4.36. The molecule has 33 heavy (non-hydrogen) atoms. The first-order valence-electron chi connectivity index (χ1n) is 10.8. The van der Waals surface area contributed by atoms with Gasteiger partial charge in [0.25, 0.3) is 0 Å². The molecule has 0 radical (unpaired) electrons. The summed E-state index contributed by atoms with van der Waals surface area (Å²) in [5.74, 6) is 1.66. The molecule has 3 heterocycles. The van der Waals surface area contributed by atoms with Crippen molar-refractivity contribution < 1.29 is 18.7 Å². The zero-order valence-corrected chi connectivity index (χ0v) is 18.9. The first kappa shape index (κ1) is 21.1. The Bertz CT molecular complexity index is 1230. The number of amidine groups is 1. The second-order valence-corrected chi connectivity index (χ2v) is 8.21. The number of aryl methyl sites for hydroxylation is 1. The highest BCUT2D eigenvalue weighted by molar-refractivity contribution is 6.01. The maximum atomic E-state index is 13.5. The number of ether oxygens (including phenoxy) is 2. The average molecular weight is 448 g/mol. The van der Waals surface area contributed by atoms with E-state index in [9.17, 15) is 4.39 Å². The second-order valence-electron chi connectivity index (χ2n) is 8.21. The molecular formula is C25H25FN4O3. The molecule has 0 saturated carbocycles. The topological polar surface area (TPSA) is 61.1 Å². The van der Waals surface area contributed by atoms with Gasteiger partial charge < -0.3 is 23.8 Å². The predicted octanol–water partition coefficient (Wildman–Crippen LogP) is 4.82. The zero-order valence-electron chi connectivity index (χ0n) is 18.9. The van der Waals surface area contributed by atoms with Crippen molar-refractivity contribution in [2.75, 3.05) is 7.11 Å². The van der Waals surface area contributed by atoms with Gasteiger partial charge in [0, 0.05) is 6.20 Å². The van der Waals surface area contributed by atoms with E-state index in [-0.39, 0.29) is 24.2 Å². The number of aromatic nitrogens is 2. The molecule has 0 bridgehead atoms. The molecule has 0 spiro atoms. The minimum Gasteiger partial charge on any atom is -0.495 e. The van der Waals surface area contributed by atoms with Crippen LogP contribution in [0.2, 0.25) is 0 Å². The number of hydrogen-bond donors (Lipinski definition) is 0. The average Bonchev–Trinajstić information content (AvgIpc) is 3.41. The summed E-state index contributed by atoms with van der Waals surface area (Å²) in [4.78, 5) is 12.0. The SMILES string of the molecule is COc1cc(C=C2O[C@@H](C)C(c3ccc(F)cc3)N3C2=NO[C@@H]3C)ccc1-n1cnc(C)c1. The van der Waals surface area contributed by atoms with E-state index in [4.69, 9.17) is 14.3 Å². The van der Waals surface area contributed by atoms with E-state index in [0.29, 0.717) is 17.3 Å². The second kappa shape index (κ2) is 8.27. The van der Waals surface area contributed by atoms with Crippen molar-refractivity contribution >= 4 is 11.9 Å². The number of rotatable bonds is 4. The molecular weight excluding hydrogens is 423 g/mol. The highest BCUT2D eigenvalue weighted by Gasteiger charge is 2.44. The number of methoxy groups -OCH3 is 1. The van der Waals surface area contributed by atoms with Crippen LogP contribution in [0.25, 0.3) is 11.8 Å². The third kappa shape index (κ3) is 3.82. The summed E-state index contributed by atoms with van der Waals surface area (Å²) in [5.41, 5.74) is 3.66. The van der Waals surface area contributed by atoms with Crippen LogP contribution in [-0.4, -0.2) is 39.7 Å². The Labute approximate surface area is 191 Å². The van der Waals surface area contributed by atoms with Crippen LogP contribution in [0.3, 0.4) is 0 Å². The highest BCUT2D eigenvalue weighted by Crippen LogP contribution is 2.39. The van der Waals surface area contributed by atoms with Crippen LogP contribution in [0.5, 0.6) is 5.75 Å². The molecule has 1 saturated heterocycles. The van der Waals surface area contributed by atoms with Crippen molar-refractivity contribution in [3.05, 3.63) is 83.4 Å². The third-order valence-electron chi connectivity index (χ3n) is 5.91. The fourth-order valence-corrected chi connectivity index (χ4v) is 4.36. The van der Waals surface area contributed by atoms with Gasteiger partial charge in [-0.05, 0) is 62.2 Å². The summed E-state index contributed by atoms with van der Waals surface area (Å²) < 4.78 is 27.3. The summed E-state index contributed by atoms with van der Waals surface area (Å²) in [7, 11) is 1.64. The smallest absolute Gasteiger partial charge is 0.214 e. The van der Waals surface area contributed by atoms with Crippen molar-refractivity contribution in [1.29, 1.82) is 0 Å². The molecule has 0 aliphatic carbocycles. The summed E-state index contributed by atoms with van der Waals surface area (Å²) in [6.07, 6.45) is 5.15. The van der Waals surface area contributed by atoms with Crippen LogP contribution >= 0.6 is 0 Å². The fraction of sp³-hybridized carbons (Fsp3) is 0.280. The van der Waals surface area contributed by atoms with Crippen molar-refractivity contribution in [3.8, 4) is 11.4 Å². The lowest BCUT2D eigenvalue weighted by molar-refractivity contribution is -0.0358. The van der Waals surface area contributed by atoms with E-state index in [1.807, 2.05) is 55.8 Å². The molecule has 7 nitrogen and oxygen atoms in total. The van der Waals surface area contributed by atoms with Crippen molar-refractivity contribution in [2.45, 2.75) is 39.1 Å². The van der Waals surface area contributed by atoms with Gasteiger partial charge in [-0.2, -0.15) is 0 Å². The molecule has 5 rings (SSSR count). The molecule has 2 aliphatic heterocycles. The number of morpholine rings is 1. The number of benzene rings is 2. The standard InChI is InChI=1S/C25H25FN4O3/c1-15-13-29(14-27-15)21-10-5-18(11-22(21)31-4)12-23-25-28-33-17(3)30(25)24(16(2)32-23)19-6-8-20(26)9-7-19/h5-14,16-17,24H,1-4H3/t16-,17+,24?/m0/s1. The van der Waals surface area contributed by atoms with E-state index in [1.54, 1.807) is 25.6 Å². The lowest BCUT2D eigenvalue weighted by Crippen LogP contribution is -2.48. The van der Waals surface area contributed by atoms with E-state index in [2.05, 4.69) is 15.0 Å².